The van der Waals surface area contributed by atoms with E-state index in [1.54, 1.807) is 17.0 Å². The van der Waals surface area contributed by atoms with Crippen molar-refractivity contribution in [1.82, 2.24) is 18.8 Å². The minimum Gasteiger partial charge on any atom is -0.379 e. The molecule has 1 aromatic carbocycles. The van der Waals surface area contributed by atoms with Gasteiger partial charge in [-0.2, -0.15) is 4.31 Å². The fourth-order valence-electron chi connectivity index (χ4n) is 5.45. The van der Waals surface area contributed by atoms with E-state index in [2.05, 4.69) is 27.8 Å². The summed E-state index contributed by atoms with van der Waals surface area (Å²) in [5, 5.41) is 2.24. The first-order chi connectivity index (χ1) is 16.1. The van der Waals surface area contributed by atoms with Crippen LogP contribution >= 0.6 is 11.3 Å². The standard InChI is InChI=1S/C24H30N4O3S2/c1-2-28-21-6-5-18(33(29,30)27-10-12-31-13-11-27)15-20(21)25-23(28)16-26-9-7-22-19(8-14-32-22)24(26)17-3-4-17/h5-6,8,14-15,17,24H,2-4,7,9-13,16H2,1H3/t24-/m0/s1. The summed E-state index contributed by atoms with van der Waals surface area (Å²) >= 11 is 1.89. The first-order valence-electron chi connectivity index (χ1n) is 11.9. The molecule has 2 aliphatic heterocycles. The summed E-state index contributed by atoms with van der Waals surface area (Å²) in [5.41, 5.74) is 3.29. The zero-order valence-corrected chi connectivity index (χ0v) is 20.6. The lowest BCUT2D eigenvalue weighted by molar-refractivity contribution is 0.0730. The van der Waals surface area contributed by atoms with Gasteiger partial charge in [-0.05, 0) is 67.3 Å². The van der Waals surface area contributed by atoms with Gasteiger partial charge in [0.1, 0.15) is 5.82 Å². The molecule has 1 saturated heterocycles. The first-order valence-corrected chi connectivity index (χ1v) is 14.3. The second-order valence-corrected chi connectivity index (χ2v) is 12.2. The van der Waals surface area contributed by atoms with Crippen molar-refractivity contribution in [3.8, 4) is 0 Å². The molecule has 0 bridgehead atoms. The van der Waals surface area contributed by atoms with Crippen molar-refractivity contribution in [3.63, 3.8) is 0 Å². The van der Waals surface area contributed by atoms with Crippen LogP contribution in [-0.4, -0.2) is 60.0 Å². The Bertz CT molecular complexity index is 1270. The van der Waals surface area contributed by atoms with Gasteiger partial charge in [0.15, 0.2) is 0 Å². The van der Waals surface area contributed by atoms with E-state index in [9.17, 15) is 8.42 Å². The number of rotatable bonds is 6. The largest absolute Gasteiger partial charge is 0.379 e. The molecular weight excluding hydrogens is 456 g/mol. The molecule has 1 aliphatic carbocycles. The molecule has 2 aromatic heterocycles. The lowest BCUT2D eigenvalue weighted by atomic mass is 9.96. The number of nitrogens with zero attached hydrogens (tertiary/aromatic N) is 4. The summed E-state index contributed by atoms with van der Waals surface area (Å²) in [4.78, 5) is 9.44. The predicted octanol–water partition coefficient (Wildman–Crippen LogP) is 3.65. The molecule has 33 heavy (non-hydrogen) atoms. The van der Waals surface area contributed by atoms with E-state index in [1.807, 2.05) is 17.4 Å². The van der Waals surface area contributed by atoms with Gasteiger partial charge < -0.3 is 9.30 Å². The topological polar surface area (TPSA) is 67.7 Å². The Labute approximate surface area is 199 Å². The first kappa shape index (κ1) is 21.7. The molecular formula is C24H30N4O3S2. The number of fused-ring (bicyclic) bond motifs is 2. The van der Waals surface area contributed by atoms with E-state index < -0.39 is 10.0 Å². The summed E-state index contributed by atoms with van der Waals surface area (Å²) in [5.74, 6) is 1.78. The van der Waals surface area contributed by atoms with Crippen LogP contribution in [0.5, 0.6) is 0 Å². The molecule has 3 aromatic rings. The molecule has 176 valence electrons. The van der Waals surface area contributed by atoms with Gasteiger partial charge in [0, 0.05) is 37.1 Å². The van der Waals surface area contributed by atoms with E-state index in [1.165, 1.54) is 22.7 Å². The van der Waals surface area contributed by atoms with E-state index in [4.69, 9.17) is 9.72 Å². The van der Waals surface area contributed by atoms with Crippen LogP contribution in [-0.2, 0) is 34.3 Å². The van der Waals surface area contributed by atoms with Crippen molar-refractivity contribution < 1.29 is 13.2 Å². The Kier molecular flexibility index (Phi) is 5.57. The second kappa shape index (κ2) is 8.46. The molecule has 0 radical (unpaired) electrons. The fraction of sp³-hybridized carbons (Fsp3) is 0.542. The minimum absolute atomic E-state index is 0.320. The lowest BCUT2D eigenvalue weighted by Gasteiger charge is -2.36. The smallest absolute Gasteiger partial charge is 0.243 e. The molecule has 1 saturated carbocycles. The average Bonchev–Trinajstić information content (AvgIpc) is 3.44. The van der Waals surface area contributed by atoms with Crippen LogP contribution < -0.4 is 0 Å². The third-order valence-electron chi connectivity index (χ3n) is 7.25. The van der Waals surface area contributed by atoms with Crippen molar-refractivity contribution in [2.24, 2.45) is 5.92 Å². The predicted molar refractivity (Wildman–Crippen MR) is 129 cm³/mol. The Morgan fingerprint density at radius 1 is 1.15 bits per heavy atom. The Hall–Kier alpha value is -1.78. The molecule has 1 atom stereocenters. The van der Waals surface area contributed by atoms with Crippen molar-refractivity contribution in [2.75, 3.05) is 32.8 Å². The normalized spacial score (nSPS) is 22.6. The highest BCUT2D eigenvalue weighted by molar-refractivity contribution is 7.89. The molecule has 9 heteroatoms. The number of aryl methyl sites for hydroxylation is 1. The van der Waals surface area contributed by atoms with Crippen LogP contribution in [0.3, 0.4) is 0 Å². The van der Waals surface area contributed by atoms with Gasteiger partial charge in [-0.1, -0.05) is 0 Å². The summed E-state index contributed by atoms with van der Waals surface area (Å²) in [6, 6.07) is 8.22. The van der Waals surface area contributed by atoms with Gasteiger partial charge in [0.25, 0.3) is 0 Å². The van der Waals surface area contributed by atoms with E-state index >= 15 is 0 Å². The maximum atomic E-state index is 13.2. The highest BCUT2D eigenvalue weighted by Gasteiger charge is 2.40. The molecule has 3 aliphatic rings. The number of thiophene rings is 1. The molecule has 6 rings (SSSR count). The SMILES string of the molecule is CCn1c(CN2CCc3sccc3[C@@H]2C2CC2)nc2cc(S(=O)(=O)N3CCOCC3)ccc21. The fourth-order valence-corrected chi connectivity index (χ4v) is 7.79. The highest BCUT2D eigenvalue weighted by Crippen LogP contribution is 2.48. The number of hydrogen-bond acceptors (Lipinski definition) is 6. The van der Waals surface area contributed by atoms with Crippen LogP contribution in [0.2, 0.25) is 0 Å². The molecule has 4 heterocycles. The highest BCUT2D eigenvalue weighted by atomic mass is 32.2. The van der Waals surface area contributed by atoms with Crippen molar-refractivity contribution in [3.05, 3.63) is 45.9 Å². The molecule has 0 amide bonds. The summed E-state index contributed by atoms with van der Waals surface area (Å²) in [7, 11) is -3.53. The maximum absolute atomic E-state index is 13.2. The van der Waals surface area contributed by atoms with Crippen LogP contribution in [0, 0.1) is 5.92 Å². The monoisotopic (exact) mass is 486 g/mol. The number of imidazole rings is 1. The molecule has 2 fully saturated rings. The van der Waals surface area contributed by atoms with Crippen molar-refractivity contribution in [2.45, 2.75) is 50.2 Å². The number of sulfonamides is 1. The number of aromatic nitrogens is 2. The number of ether oxygens (including phenoxy) is 1. The van der Waals surface area contributed by atoms with E-state index in [0.29, 0.717) is 37.2 Å². The van der Waals surface area contributed by atoms with Gasteiger partial charge in [-0.25, -0.2) is 13.4 Å². The van der Waals surface area contributed by atoms with Gasteiger partial charge in [-0.3, -0.25) is 4.90 Å². The van der Waals surface area contributed by atoms with Crippen molar-refractivity contribution >= 4 is 32.4 Å². The number of benzene rings is 1. The minimum atomic E-state index is -3.53. The van der Waals surface area contributed by atoms with Crippen LogP contribution in [0.1, 0.15) is 42.1 Å². The van der Waals surface area contributed by atoms with E-state index in [0.717, 1.165) is 48.8 Å². The van der Waals surface area contributed by atoms with Crippen LogP contribution in [0.15, 0.2) is 34.5 Å². The van der Waals surface area contributed by atoms with Crippen molar-refractivity contribution in [1.29, 1.82) is 0 Å². The number of hydrogen-bond donors (Lipinski definition) is 0. The Morgan fingerprint density at radius 2 is 1.97 bits per heavy atom. The second-order valence-electron chi connectivity index (χ2n) is 9.24. The Balaban J connectivity index is 1.33. The van der Waals surface area contributed by atoms with Gasteiger partial charge in [0.05, 0.1) is 35.7 Å². The Morgan fingerprint density at radius 3 is 2.73 bits per heavy atom. The maximum Gasteiger partial charge on any atom is 0.243 e. The third-order valence-corrected chi connectivity index (χ3v) is 10.1. The number of morpholine rings is 1. The van der Waals surface area contributed by atoms with E-state index in [-0.39, 0.29) is 0 Å². The zero-order chi connectivity index (χ0) is 22.6. The zero-order valence-electron chi connectivity index (χ0n) is 18.9. The summed E-state index contributed by atoms with van der Waals surface area (Å²) < 4.78 is 35.4. The quantitative estimate of drug-likeness (QED) is 0.532. The van der Waals surface area contributed by atoms with Crippen LogP contribution in [0.4, 0.5) is 0 Å². The van der Waals surface area contributed by atoms with Gasteiger partial charge in [0.2, 0.25) is 10.0 Å². The van der Waals surface area contributed by atoms with Gasteiger partial charge in [-0.15, -0.1) is 11.3 Å². The summed E-state index contributed by atoms with van der Waals surface area (Å²) in [6.07, 6.45) is 3.72. The lowest BCUT2D eigenvalue weighted by Crippen LogP contribution is -2.40. The van der Waals surface area contributed by atoms with Gasteiger partial charge >= 0.3 is 0 Å². The summed E-state index contributed by atoms with van der Waals surface area (Å²) in [6.45, 7) is 6.48. The molecule has 0 N–H and O–H groups in total. The molecule has 0 spiro atoms. The van der Waals surface area contributed by atoms with Crippen LogP contribution in [0.25, 0.3) is 11.0 Å². The average molecular weight is 487 g/mol. The third kappa shape index (κ3) is 3.83. The molecule has 7 nitrogen and oxygen atoms in total. The molecule has 0 unspecified atom stereocenters.